The first-order valence-electron chi connectivity index (χ1n) is 5.35. The number of carbonyl (C=O) groups excluding carboxylic acids is 1. The highest BCUT2D eigenvalue weighted by Gasteiger charge is 2.10. The maximum atomic E-state index is 11.7. The van der Waals surface area contributed by atoms with Gasteiger partial charge in [0, 0.05) is 25.2 Å². The number of benzene rings is 1. The van der Waals surface area contributed by atoms with Crippen molar-refractivity contribution in [3.63, 3.8) is 0 Å². The van der Waals surface area contributed by atoms with Crippen LogP contribution in [0.15, 0.2) is 24.3 Å². The number of aromatic hydroxyl groups is 1. The van der Waals surface area contributed by atoms with Crippen molar-refractivity contribution in [1.29, 1.82) is 0 Å². The Labute approximate surface area is 95.9 Å². The summed E-state index contributed by atoms with van der Waals surface area (Å²) in [6.45, 7) is 0.833. The summed E-state index contributed by atoms with van der Waals surface area (Å²) in [6.07, 6.45) is 1.32. The highest BCUT2D eigenvalue weighted by Crippen LogP contribution is 2.19. The summed E-state index contributed by atoms with van der Waals surface area (Å²) >= 11 is 0. The van der Waals surface area contributed by atoms with E-state index in [1.807, 2.05) is 7.05 Å². The van der Waals surface area contributed by atoms with E-state index in [0.29, 0.717) is 6.42 Å². The van der Waals surface area contributed by atoms with E-state index in [9.17, 15) is 9.90 Å². The molecular formula is C12H18N2O2. The zero-order chi connectivity index (χ0) is 12.0. The molecule has 1 amide bonds. The van der Waals surface area contributed by atoms with Gasteiger partial charge in [-0.05, 0) is 32.1 Å². The van der Waals surface area contributed by atoms with Crippen molar-refractivity contribution in [2.45, 2.75) is 12.8 Å². The second-order valence-electron chi connectivity index (χ2n) is 3.68. The van der Waals surface area contributed by atoms with Gasteiger partial charge in [0.25, 0.3) is 0 Å². The van der Waals surface area contributed by atoms with E-state index in [4.69, 9.17) is 0 Å². The molecule has 0 saturated heterocycles. The van der Waals surface area contributed by atoms with Crippen LogP contribution in [0.2, 0.25) is 0 Å². The Morgan fingerprint density at radius 1 is 1.50 bits per heavy atom. The van der Waals surface area contributed by atoms with Gasteiger partial charge in [-0.1, -0.05) is 6.07 Å². The predicted molar refractivity (Wildman–Crippen MR) is 64.7 cm³/mol. The maximum Gasteiger partial charge on any atom is 0.226 e. The summed E-state index contributed by atoms with van der Waals surface area (Å²) in [4.78, 5) is 13.3. The minimum absolute atomic E-state index is 0.0563. The van der Waals surface area contributed by atoms with Crippen LogP contribution in [0.3, 0.4) is 0 Å². The van der Waals surface area contributed by atoms with Crippen LogP contribution in [0.1, 0.15) is 12.8 Å². The molecule has 1 rings (SSSR count). The zero-order valence-corrected chi connectivity index (χ0v) is 9.73. The molecule has 16 heavy (non-hydrogen) atoms. The Kier molecular flexibility index (Phi) is 4.79. The van der Waals surface area contributed by atoms with Gasteiger partial charge in [-0.15, -0.1) is 0 Å². The first-order chi connectivity index (χ1) is 7.65. The lowest BCUT2D eigenvalue weighted by Crippen LogP contribution is -2.26. The average Bonchev–Trinajstić information content (AvgIpc) is 2.28. The second kappa shape index (κ2) is 6.12. The van der Waals surface area contributed by atoms with Gasteiger partial charge in [0.05, 0.1) is 0 Å². The topological polar surface area (TPSA) is 52.6 Å². The highest BCUT2D eigenvalue weighted by molar-refractivity contribution is 5.92. The third-order valence-corrected chi connectivity index (χ3v) is 2.41. The number of phenols is 1. The van der Waals surface area contributed by atoms with E-state index < -0.39 is 0 Å². The largest absolute Gasteiger partial charge is 0.508 e. The second-order valence-corrected chi connectivity index (χ2v) is 3.68. The van der Waals surface area contributed by atoms with Crippen LogP contribution in [0, 0.1) is 0 Å². The Balaban J connectivity index is 2.56. The first-order valence-corrected chi connectivity index (χ1v) is 5.35. The molecule has 0 heterocycles. The minimum atomic E-state index is 0.0563. The SMILES string of the molecule is CNCCCC(=O)N(C)c1cccc(O)c1. The third kappa shape index (κ3) is 3.55. The molecule has 0 radical (unpaired) electrons. The van der Waals surface area contributed by atoms with Gasteiger partial charge in [-0.2, -0.15) is 0 Å². The van der Waals surface area contributed by atoms with E-state index in [0.717, 1.165) is 18.7 Å². The molecule has 1 aromatic carbocycles. The molecule has 0 saturated carbocycles. The molecule has 2 N–H and O–H groups in total. The van der Waals surface area contributed by atoms with Gasteiger partial charge in [-0.25, -0.2) is 0 Å². The van der Waals surface area contributed by atoms with Crippen LogP contribution in [0.4, 0.5) is 5.69 Å². The summed E-state index contributed by atoms with van der Waals surface area (Å²) in [5.74, 6) is 0.230. The lowest BCUT2D eigenvalue weighted by atomic mass is 10.2. The molecule has 0 bridgehead atoms. The number of anilines is 1. The molecule has 88 valence electrons. The van der Waals surface area contributed by atoms with Gasteiger partial charge in [0.2, 0.25) is 5.91 Å². The summed E-state index contributed by atoms with van der Waals surface area (Å²) in [7, 11) is 3.58. The van der Waals surface area contributed by atoms with E-state index in [-0.39, 0.29) is 11.7 Å². The Morgan fingerprint density at radius 2 is 2.25 bits per heavy atom. The fourth-order valence-electron chi connectivity index (χ4n) is 1.43. The fraction of sp³-hybridized carbons (Fsp3) is 0.417. The van der Waals surface area contributed by atoms with Gasteiger partial charge < -0.3 is 15.3 Å². The average molecular weight is 222 g/mol. The maximum absolute atomic E-state index is 11.7. The van der Waals surface area contributed by atoms with Gasteiger partial charge >= 0.3 is 0 Å². The minimum Gasteiger partial charge on any atom is -0.508 e. The lowest BCUT2D eigenvalue weighted by Gasteiger charge is -2.17. The molecular weight excluding hydrogens is 204 g/mol. The van der Waals surface area contributed by atoms with Crippen LogP contribution >= 0.6 is 0 Å². The van der Waals surface area contributed by atoms with Crippen LogP contribution < -0.4 is 10.2 Å². The normalized spacial score (nSPS) is 10.1. The van der Waals surface area contributed by atoms with Crippen molar-refractivity contribution in [1.82, 2.24) is 5.32 Å². The summed E-state index contributed by atoms with van der Waals surface area (Å²) < 4.78 is 0. The van der Waals surface area contributed by atoms with Crippen molar-refractivity contribution >= 4 is 11.6 Å². The molecule has 4 nitrogen and oxygen atoms in total. The molecule has 1 aromatic rings. The van der Waals surface area contributed by atoms with Gasteiger partial charge in [0.1, 0.15) is 5.75 Å². The molecule has 0 fully saturated rings. The van der Waals surface area contributed by atoms with Crippen molar-refractivity contribution in [3.8, 4) is 5.75 Å². The number of hydrogen-bond donors (Lipinski definition) is 2. The lowest BCUT2D eigenvalue weighted by molar-refractivity contribution is -0.118. The van der Waals surface area contributed by atoms with E-state index in [1.165, 1.54) is 0 Å². The van der Waals surface area contributed by atoms with Crippen LogP contribution in [-0.2, 0) is 4.79 Å². The molecule has 0 spiro atoms. The molecule has 0 aliphatic carbocycles. The third-order valence-electron chi connectivity index (χ3n) is 2.41. The Morgan fingerprint density at radius 3 is 2.88 bits per heavy atom. The fourth-order valence-corrected chi connectivity index (χ4v) is 1.43. The summed E-state index contributed by atoms with van der Waals surface area (Å²) in [6, 6.07) is 6.69. The molecule has 0 aliphatic rings. The monoisotopic (exact) mass is 222 g/mol. The standard InChI is InChI=1S/C12H18N2O2/c1-13-8-4-7-12(16)14(2)10-5-3-6-11(15)9-10/h3,5-6,9,13,15H,4,7-8H2,1-2H3. The molecule has 0 unspecified atom stereocenters. The molecule has 0 aliphatic heterocycles. The highest BCUT2D eigenvalue weighted by atomic mass is 16.3. The number of hydrogen-bond acceptors (Lipinski definition) is 3. The smallest absolute Gasteiger partial charge is 0.226 e. The van der Waals surface area contributed by atoms with E-state index in [2.05, 4.69) is 5.32 Å². The number of rotatable bonds is 5. The predicted octanol–water partition coefficient (Wildman–Crippen LogP) is 1.35. The van der Waals surface area contributed by atoms with Crippen molar-refractivity contribution in [2.24, 2.45) is 0 Å². The van der Waals surface area contributed by atoms with Gasteiger partial charge in [-0.3, -0.25) is 4.79 Å². The molecule has 4 heteroatoms. The molecule has 0 aromatic heterocycles. The van der Waals surface area contributed by atoms with Crippen molar-refractivity contribution < 1.29 is 9.90 Å². The summed E-state index contributed by atoms with van der Waals surface area (Å²) in [5, 5.41) is 12.3. The van der Waals surface area contributed by atoms with Crippen molar-refractivity contribution in [2.75, 3.05) is 25.5 Å². The summed E-state index contributed by atoms with van der Waals surface area (Å²) in [5.41, 5.74) is 0.717. The number of nitrogens with one attached hydrogen (secondary N) is 1. The Hall–Kier alpha value is -1.55. The van der Waals surface area contributed by atoms with E-state index in [1.54, 1.807) is 36.2 Å². The number of nitrogens with zero attached hydrogens (tertiary/aromatic N) is 1. The number of carbonyl (C=O) groups is 1. The van der Waals surface area contributed by atoms with Gasteiger partial charge in [0.15, 0.2) is 0 Å². The van der Waals surface area contributed by atoms with Crippen LogP contribution in [0.5, 0.6) is 5.75 Å². The van der Waals surface area contributed by atoms with Crippen LogP contribution in [-0.4, -0.2) is 31.7 Å². The Bertz CT molecular complexity index is 353. The molecule has 0 atom stereocenters. The van der Waals surface area contributed by atoms with Crippen LogP contribution in [0.25, 0.3) is 0 Å². The van der Waals surface area contributed by atoms with E-state index >= 15 is 0 Å². The number of amides is 1. The van der Waals surface area contributed by atoms with Crippen molar-refractivity contribution in [3.05, 3.63) is 24.3 Å². The first kappa shape index (κ1) is 12.5. The quantitative estimate of drug-likeness (QED) is 0.739. The zero-order valence-electron chi connectivity index (χ0n) is 9.73. The number of phenolic OH excluding ortho intramolecular Hbond substituents is 1.